The van der Waals surface area contributed by atoms with Crippen LogP contribution in [0, 0.1) is 5.92 Å². The molecule has 0 amide bonds. The van der Waals surface area contributed by atoms with Gasteiger partial charge in [0, 0.05) is 13.0 Å². The molecule has 0 aromatic heterocycles. The van der Waals surface area contributed by atoms with Crippen molar-refractivity contribution in [3.05, 3.63) is 0 Å². The van der Waals surface area contributed by atoms with Gasteiger partial charge in [-0.1, -0.05) is 52.9 Å². The lowest BCUT2D eigenvalue weighted by Crippen LogP contribution is -2.12. The molecule has 1 unspecified atom stereocenters. The molecule has 0 aliphatic carbocycles. The van der Waals surface area contributed by atoms with Crippen molar-refractivity contribution in [1.82, 2.24) is 0 Å². The van der Waals surface area contributed by atoms with Crippen LogP contribution in [-0.4, -0.2) is 25.8 Å². The minimum Gasteiger partial charge on any atom is -0.463 e. The fourth-order valence-electron chi connectivity index (χ4n) is 2.00. The first-order chi connectivity index (χ1) is 9.24. The summed E-state index contributed by atoms with van der Waals surface area (Å²) in [7, 11) is 0. The van der Waals surface area contributed by atoms with E-state index in [9.17, 15) is 4.79 Å². The van der Waals surface area contributed by atoms with Crippen molar-refractivity contribution < 1.29 is 14.3 Å². The zero-order chi connectivity index (χ0) is 14.3. The van der Waals surface area contributed by atoms with Crippen LogP contribution in [-0.2, 0) is 14.3 Å². The zero-order valence-corrected chi connectivity index (χ0v) is 13.1. The lowest BCUT2D eigenvalue weighted by molar-refractivity contribution is -0.145. The fourth-order valence-corrected chi connectivity index (χ4v) is 2.00. The second-order valence-corrected chi connectivity index (χ2v) is 5.14. The fraction of sp³-hybridized carbons (Fsp3) is 0.938. The third-order valence-electron chi connectivity index (χ3n) is 3.43. The molecular weight excluding hydrogens is 240 g/mol. The van der Waals surface area contributed by atoms with Crippen LogP contribution >= 0.6 is 0 Å². The van der Waals surface area contributed by atoms with Gasteiger partial charge in [0.1, 0.15) is 6.61 Å². The van der Waals surface area contributed by atoms with E-state index in [1.807, 2.05) is 0 Å². The third kappa shape index (κ3) is 12.2. The monoisotopic (exact) mass is 272 g/mol. The molecule has 0 rings (SSSR count). The zero-order valence-electron chi connectivity index (χ0n) is 13.1. The van der Waals surface area contributed by atoms with Gasteiger partial charge in [-0.3, -0.25) is 4.79 Å². The normalized spacial score (nSPS) is 12.4. The summed E-state index contributed by atoms with van der Waals surface area (Å²) >= 11 is 0. The van der Waals surface area contributed by atoms with Gasteiger partial charge in [-0.05, 0) is 18.8 Å². The van der Waals surface area contributed by atoms with Crippen molar-refractivity contribution in [2.75, 3.05) is 19.8 Å². The average Bonchev–Trinajstić information content (AvgIpc) is 2.43. The van der Waals surface area contributed by atoms with E-state index in [1.165, 1.54) is 19.3 Å². The van der Waals surface area contributed by atoms with Crippen LogP contribution in [0.25, 0.3) is 0 Å². The summed E-state index contributed by atoms with van der Waals surface area (Å²) in [6, 6.07) is 0. The molecule has 1 atom stereocenters. The van der Waals surface area contributed by atoms with Crippen LogP contribution < -0.4 is 0 Å². The van der Waals surface area contributed by atoms with Crippen molar-refractivity contribution in [3.8, 4) is 0 Å². The Morgan fingerprint density at radius 2 is 1.68 bits per heavy atom. The van der Waals surface area contributed by atoms with Gasteiger partial charge in [0.15, 0.2) is 0 Å². The van der Waals surface area contributed by atoms with Gasteiger partial charge >= 0.3 is 5.97 Å². The van der Waals surface area contributed by atoms with Crippen LogP contribution in [0.4, 0.5) is 0 Å². The smallest absolute Gasteiger partial charge is 0.305 e. The van der Waals surface area contributed by atoms with Crippen LogP contribution in [0.15, 0.2) is 0 Å². The Kier molecular flexibility index (Phi) is 13.4. The first-order valence-corrected chi connectivity index (χ1v) is 7.97. The Balaban J connectivity index is 3.46. The molecule has 0 saturated carbocycles. The van der Waals surface area contributed by atoms with Crippen molar-refractivity contribution in [2.45, 2.75) is 72.1 Å². The van der Waals surface area contributed by atoms with Crippen LogP contribution in [0.2, 0.25) is 0 Å². The molecule has 0 heterocycles. The van der Waals surface area contributed by atoms with E-state index in [4.69, 9.17) is 9.47 Å². The van der Waals surface area contributed by atoms with E-state index >= 15 is 0 Å². The van der Waals surface area contributed by atoms with Crippen molar-refractivity contribution >= 4 is 5.97 Å². The van der Waals surface area contributed by atoms with Gasteiger partial charge in [-0.25, -0.2) is 0 Å². The van der Waals surface area contributed by atoms with Gasteiger partial charge in [0.2, 0.25) is 0 Å². The second-order valence-electron chi connectivity index (χ2n) is 5.14. The number of unbranched alkanes of at least 4 members (excludes halogenated alkanes) is 2. The highest BCUT2D eigenvalue weighted by molar-refractivity contribution is 5.69. The summed E-state index contributed by atoms with van der Waals surface area (Å²) in [4.78, 5) is 11.5. The number of esters is 1. The summed E-state index contributed by atoms with van der Waals surface area (Å²) in [5.74, 6) is 0.599. The first kappa shape index (κ1) is 18.4. The summed E-state index contributed by atoms with van der Waals surface area (Å²) in [5, 5.41) is 0. The van der Waals surface area contributed by atoms with Crippen LogP contribution in [0.5, 0.6) is 0 Å². The second kappa shape index (κ2) is 13.9. The molecule has 0 aromatic carbocycles. The van der Waals surface area contributed by atoms with E-state index in [1.54, 1.807) is 0 Å². The standard InChI is InChI=1S/C16H32O3/c1-4-7-9-15(6-3)10-11-16(17)19-14-13-18-12-8-5-2/h15H,4-14H2,1-3H3. The first-order valence-electron chi connectivity index (χ1n) is 7.97. The highest BCUT2D eigenvalue weighted by Crippen LogP contribution is 2.18. The minimum absolute atomic E-state index is 0.0750. The third-order valence-corrected chi connectivity index (χ3v) is 3.43. The number of carbonyl (C=O) groups is 1. The van der Waals surface area contributed by atoms with E-state index in [2.05, 4.69) is 20.8 Å². The Morgan fingerprint density at radius 3 is 2.32 bits per heavy atom. The number of hydrogen-bond donors (Lipinski definition) is 0. The maximum absolute atomic E-state index is 11.5. The Labute approximate surface area is 119 Å². The van der Waals surface area contributed by atoms with E-state index in [0.717, 1.165) is 32.3 Å². The van der Waals surface area contributed by atoms with Gasteiger partial charge < -0.3 is 9.47 Å². The predicted octanol–water partition coefficient (Wildman–Crippen LogP) is 4.34. The highest BCUT2D eigenvalue weighted by Gasteiger charge is 2.10. The Bertz CT molecular complexity index is 204. The van der Waals surface area contributed by atoms with E-state index in [-0.39, 0.29) is 5.97 Å². The largest absolute Gasteiger partial charge is 0.463 e. The molecule has 3 nitrogen and oxygen atoms in total. The molecule has 0 spiro atoms. The SMILES string of the molecule is CCCCOCCOC(=O)CCC(CC)CCCC. The Morgan fingerprint density at radius 1 is 0.947 bits per heavy atom. The number of hydrogen-bond acceptors (Lipinski definition) is 3. The molecule has 3 heteroatoms. The molecular formula is C16H32O3. The minimum atomic E-state index is -0.0750. The molecule has 0 saturated heterocycles. The lowest BCUT2D eigenvalue weighted by atomic mass is 9.94. The number of ether oxygens (including phenoxy) is 2. The van der Waals surface area contributed by atoms with E-state index in [0.29, 0.717) is 25.6 Å². The molecule has 19 heavy (non-hydrogen) atoms. The molecule has 0 aliphatic heterocycles. The number of carbonyl (C=O) groups excluding carboxylic acids is 1. The molecule has 0 N–H and O–H groups in total. The summed E-state index contributed by atoms with van der Waals surface area (Å²) in [6.07, 6.45) is 8.62. The van der Waals surface area contributed by atoms with Crippen LogP contribution in [0.1, 0.15) is 72.1 Å². The van der Waals surface area contributed by atoms with Gasteiger partial charge in [-0.2, -0.15) is 0 Å². The predicted molar refractivity (Wildman–Crippen MR) is 79.2 cm³/mol. The Hall–Kier alpha value is -0.570. The van der Waals surface area contributed by atoms with Crippen molar-refractivity contribution in [2.24, 2.45) is 5.92 Å². The van der Waals surface area contributed by atoms with Crippen LogP contribution in [0.3, 0.4) is 0 Å². The van der Waals surface area contributed by atoms with Crippen molar-refractivity contribution in [3.63, 3.8) is 0 Å². The topological polar surface area (TPSA) is 35.5 Å². The number of rotatable bonds is 13. The molecule has 0 aromatic rings. The molecule has 0 radical (unpaired) electrons. The highest BCUT2D eigenvalue weighted by atomic mass is 16.6. The molecule has 0 aliphatic rings. The maximum atomic E-state index is 11.5. The summed E-state index contributed by atoms with van der Waals surface area (Å²) < 4.78 is 10.5. The van der Waals surface area contributed by atoms with Gasteiger partial charge in [-0.15, -0.1) is 0 Å². The van der Waals surface area contributed by atoms with Gasteiger partial charge in [0.05, 0.1) is 6.61 Å². The lowest BCUT2D eigenvalue weighted by Gasteiger charge is -2.13. The maximum Gasteiger partial charge on any atom is 0.305 e. The van der Waals surface area contributed by atoms with Gasteiger partial charge in [0.25, 0.3) is 0 Å². The molecule has 0 bridgehead atoms. The quantitative estimate of drug-likeness (QED) is 0.369. The summed E-state index contributed by atoms with van der Waals surface area (Å²) in [6.45, 7) is 8.23. The molecule has 0 fully saturated rings. The molecule has 114 valence electrons. The van der Waals surface area contributed by atoms with Crippen molar-refractivity contribution in [1.29, 1.82) is 0 Å². The summed E-state index contributed by atoms with van der Waals surface area (Å²) in [5.41, 5.74) is 0. The van der Waals surface area contributed by atoms with E-state index < -0.39 is 0 Å². The average molecular weight is 272 g/mol.